The second kappa shape index (κ2) is 18.8. The Morgan fingerprint density at radius 1 is 0.839 bits per heavy atom. The van der Waals surface area contributed by atoms with Gasteiger partial charge >= 0.3 is 0 Å². The molecule has 5 aromatic rings. The van der Waals surface area contributed by atoms with Gasteiger partial charge in [0.2, 0.25) is 11.8 Å². The minimum atomic E-state index is -3.07. The smallest absolute Gasteiger partial charge is 0.261 e. The van der Waals surface area contributed by atoms with Gasteiger partial charge in [-0.15, -0.1) is 0 Å². The molecule has 1 aliphatic heterocycles. The summed E-state index contributed by atoms with van der Waals surface area (Å²) < 4.78 is 7.46. The Morgan fingerprint density at radius 3 is 1.92 bits per heavy atom. The molecule has 0 bridgehead atoms. The summed E-state index contributed by atoms with van der Waals surface area (Å²) in [7, 11) is -3.07. The summed E-state index contributed by atoms with van der Waals surface area (Å²) in [6.45, 7) is 12.2. The Morgan fingerprint density at radius 2 is 1.39 bits per heavy atom. The minimum Gasteiger partial charge on any atom is -0.507 e. The van der Waals surface area contributed by atoms with Crippen LogP contribution in [0.4, 0.5) is 17.1 Å². The van der Waals surface area contributed by atoms with Crippen molar-refractivity contribution in [3.63, 3.8) is 0 Å². The first-order valence-corrected chi connectivity index (χ1v) is 23.7. The van der Waals surface area contributed by atoms with E-state index < -0.39 is 38.8 Å². The highest BCUT2D eigenvalue weighted by atomic mass is 28.4. The maximum absolute atomic E-state index is 14.6. The minimum absolute atomic E-state index is 0.128. The van der Waals surface area contributed by atoms with Crippen LogP contribution in [-0.2, 0) is 14.0 Å². The van der Waals surface area contributed by atoms with Gasteiger partial charge in [-0.3, -0.25) is 14.5 Å². The molecule has 1 aliphatic carbocycles. The number of anilines is 3. The van der Waals surface area contributed by atoms with Gasteiger partial charge in [0.15, 0.2) is 0 Å². The largest absolute Gasteiger partial charge is 0.507 e. The number of rotatable bonds is 15. The second-order valence-corrected chi connectivity index (χ2v) is 22.2. The molecule has 9 heteroatoms. The molecule has 5 aromatic carbocycles. The van der Waals surface area contributed by atoms with E-state index in [-0.39, 0.29) is 35.6 Å². The second-order valence-electron chi connectivity index (χ2n) is 17.9. The molecule has 322 valence electrons. The van der Waals surface area contributed by atoms with Crippen molar-refractivity contribution < 1.29 is 29.3 Å². The summed E-state index contributed by atoms with van der Waals surface area (Å²) in [5.74, 6) is -2.77. The van der Waals surface area contributed by atoms with Gasteiger partial charge in [-0.1, -0.05) is 118 Å². The fraction of sp³-hybridized carbons (Fsp3) is 0.321. The molecule has 2 aliphatic rings. The van der Waals surface area contributed by atoms with Gasteiger partial charge in [-0.25, -0.2) is 0 Å². The predicted octanol–water partition coefficient (Wildman–Crippen LogP) is 9.38. The first-order chi connectivity index (χ1) is 29.8. The number of imide groups is 1. The Balaban J connectivity index is 1.26. The lowest BCUT2D eigenvalue weighted by molar-refractivity contribution is -0.123. The molecule has 1 heterocycles. The van der Waals surface area contributed by atoms with E-state index in [0.717, 1.165) is 56.0 Å². The zero-order valence-electron chi connectivity index (χ0n) is 36.8. The number of allylic oxidation sites excluding steroid dienone is 1. The highest BCUT2D eigenvalue weighted by Gasteiger charge is 2.56. The van der Waals surface area contributed by atoms with Crippen LogP contribution in [0.2, 0.25) is 5.04 Å². The molecule has 0 aromatic heterocycles. The number of hydrogen-bond donors (Lipinski definition) is 4. The van der Waals surface area contributed by atoms with Crippen molar-refractivity contribution in [2.24, 2.45) is 17.8 Å². The lowest BCUT2D eigenvalue weighted by Gasteiger charge is -2.44. The van der Waals surface area contributed by atoms with E-state index >= 15 is 0 Å². The van der Waals surface area contributed by atoms with Crippen LogP contribution in [0.5, 0.6) is 5.75 Å². The van der Waals surface area contributed by atoms with Gasteiger partial charge in [-0.2, -0.15) is 0 Å². The van der Waals surface area contributed by atoms with Crippen LogP contribution in [-0.4, -0.2) is 54.8 Å². The van der Waals surface area contributed by atoms with Crippen molar-refractivity contribution in [1.29, 1.82) is 0 Å². The zero-order chi connectivity index (χ0) is 44.2. The Kier molecular flexibility index (Phi) is 13.5. The molecule has 4 atom stereocenters. The summed E-state index contributed by atoms with van der Waals surface area (Å²) >= 11 is 0. The molecule has 4 N–H and O–H groups in total. The lowest BCUT2D eigenvalue weighted by atomic mass is 9.68. The number of nitrogens with zero attached hydrogens (tertiary/aromatic N) is 1. The highest BCUT2D eigenvalue weighted by molar-refractivity contribution is 6.99. The normalized spacial score (nSPS) is 18.9. The molecule has 1 saturated heterocycles. The van der Waals surface area contributed by atoms with Crippen LogP contribution in [0.1, 0.15) is 70.1 Å². The van der Waals surface area contributed by atoms with Crippen molar-refractivity contribution in [2.75, 3.05) is 23.4 Å². The maximum atomic E-state index is 14.6. The van der Waals surface area contributed by atoms with Crippen LogP contribution >= 0.6 is 0 Å². The molecule has 0 unspecified atom stereocenters. The van der Waals surface area contributed by atoms with Crippen molar-refractivity contribution >= 4 is 53.6 Å². The SMILES string of the molecule is CC/C(=C\c1cc(C)c(O)c(C)c1)CC[C@@H](O)C1=C(CO[Si](c2ccccc2)(c2ccccc2)C(C)(C)C)C[C@H]2C(=O)N(c3ccc(Nc4ccccc4)cc3)C(=O)[C@H]2[C@H]1CO. The van der Waals surface area contributed by atoms with E-state index in [2.05, 4.69) is 63.4 Å². The third-order valence-electron chi connectivity index (χ3n) is 12.9. The van der Waals surface area contributed by atoms with Gasteiger partial charge < -0.3 is 25.1 Å². The van der Waals surface area contributed by atoms with E-state index in [1.807, 2.05) is 105 Å². The molecule has 1 fully saturated rings. The van der Waals surface area contributed by atoms with Crippen molar-refractivity contribution in [3.05, 3.63) is 161 Å². The number of hydrogen-bond acceptors (Lipinski definition) is 7. The van der Waals surface area contributed by atoms with Crippen LogP contribution in [0, 0.1) is 31.6 Å². The Bertz CT molecular complexity index is 2360. The third-order valence-corrected chi connectivity index (χ3v) is 17.9. The Hall–Kier alpha value is -5.58. The van der Waals surface area contributed by atoms with Gasteiger partial charge in [0.05, 0.1) is 36.8 Å². The summed E-state index contributed by atoms with van der Waals surface area (Å²) in [6.07, 6.45) is 3.00. The molecular weight excluding hydrogens is 789 g/mol. The van der Waals surface area contributed by atoms with Gasteiger partial charge in [-0.05, 0) is 131 Å². The monoisotopic (exact) mass is 848 g/mol. The van der Waals surface area contributed by atoms with Crippen LogP contribution in [0.3, 0.4) is 0 Å². The highest BCUT2D eigenvalue weighted by Crippen LogP contribution is 2.48. The molecule has 7 rings (SSSR count). The van der Waals surface area contributed by atoms with E-state index in [1.165, 1.54) is 4.90 Å². The number of phenolic OH excluding ortho intramolecular Hbond substituents is 1. The fourth-order valence-electron chi connectivity index (χ4n) is 9.82. The average Bonchev–Trinajstić information content (AvgIpc) is 3.52. The van der Waals surface area contributed by atoms with E-state index in [1.54, 1.807) is 12.1 Å². The first kappa shape index (κ1) is 44.5. The van der Waals surface area contributed by atoms with E-state index in [9.17, 15) is 24.9 Å². The molecule has 0 saturated carbocycles. The lowest BCUT2D eigenvalue weighted by Crippen LogP contribution is -2.66. The van der Waals surface area contributed by atoms with Crippen molar-refractivity contribution in [3.8, 4) is 5.75 Å². The number of nitrogens with one attached hydrogen (secondary N) is 1. The van der Waals surface area contributed by atoms with Crippen molar-refractivity contribution in [1.82, 2.24) is 0 Å². The summed E-state index contributed by atoms with van der Waals surface area (Å²) in [4.78, 5) is 30.5. The topological polar surface area (TPSA) is 119 Å². The number of aromatic hydroxyl groups is 1. The number of benzene rings is 5. The predicted molar refractivity (Wildman–Crippen MR) is 253 cm³/mol. The number of phenols is 1. The molecular formula is C53H60N2O6Si. The molecule has 0 spiro atoms. The van der Waals surface area contributed by atoms with Gasteiger partial charge in [0.25, 0.3) is 8.32 Å². The quantitative estimate of drug-likeness (QED) is 0.0471. The summed E-state index contributed by atoms with van der Waals surface area (Å²) in [5.41, 5.74) is 7.27. The Labute approximate surface area is 367 Å². The van der Waals surface area contributed by atoms with E-state index in [4.69, 9.17) is 4.43 Å². The summed E-state index contributed by atoms with van der Waals surface area (Å²) in [6, 6.07) is 41.7. The maximum Gasteiger partial charge on any atom is 0.261 e. The van der Waals surface area contributed by atoms with Crippen molar-refractivity contribution in [2.45, 2.75) is 78.4 Å². The van der Waals surface area contributed by atoms with Crippen LogP contribution in [0.15, 0.2) is 144 Å². The number of fused-ring (bicyclic) bond motifs is 1. The third kappa shape index (κ3) is 8.86. The van der Waals surface area contributed by atoms with Crippen LogP contribution in [0.25, 0.3) is 6.08 Å². The molecule has 8 nitrogen and oxygen atoms in total. The zero-order valence-corrected chi connectivity index (χ0v) is 37.8. The summed E-state index contributed by atoms with van der Waals surface area (Å²) in [5, 5.41) is 39.4. The number of aliphatic hydroxyl groups is 2. The van der Waals surface area contributed by atoms with Gasteiger partial charge in [0, 0.05) is 17.3 Å². The number of para-hydroxylation sites is 1. The molecule has 62 heavy (non-hydrogen) atoms. The van der Waals surface area contributed by atoms with Gasteiger partial charge in [0.1, 0.15) is 5.75 Å². The standard InChI is InChI=1S/C53H60N2O6Si/c1-7-37(31-38-29-35(2)50(58)36(3)30-38)23-28-47(57)48-39(34-61-62(53(4,5)6,43-19-13-9-14-20-43)44-21-15-10-16-22-44)32-45-49(46(48)33-56)52(60)55(51(45)59)42-26-24-41(25-27-42)54-40-17-11-8-12-18-40/h8-22,24-27,29-31,45-47,49,54,56-58H,7,23,28,32-34H2,1-6H3/b37-31+/t45-,46+,47-,49-/m1/s1. The average molecular weight is 849 g/mol. The number of amides is 2. The number of aliphatic hydroxyl groups excluding tert-OH is 2. The number of carbonyl (C=O) groups excluding carboxylic acids is 2. The fourth-order valence-corrected chi connectivity index (χ4v) is 14.4. The van der Waals surface area contributed by atoms with E-state index in [0.29, 0.717) is 24.1 Å². The van der Waals surface area contributed by atoms with Crippen LogP contribution < -0.4 is 20.6 Å². The molecule has 2 amide bonds. The number of aryl methyl sites for hydroxylation is 2. The number of carbonyl (C=O) groups is 2. The first-order valence-electron chi connectivity index (χ1n) is 21.8. The molecule has 0 radical (unpaired) electrons.